The van der Waals surface area contributed by atoms with E-state index in [1.54, 1.807) is 42.2 Å². The van der Waals surface area contributed by atoms with Crippen LogP contribution in [0.15, 0.2) is 30.3 Å². The number of aromatic nitrogens is 2. The Morgan fingerprint density at radius 2 is 1.82 bits per heavy atom. The molecular formula is C22H30ClN7O4. The van der Waals surface area contributed by atoms with Crippen LogP contribution in [0.1, 0.15) is 25.1 Å². The van der Waals surface area contributed by atoms with Crippen molar-refractivity contribution in [3.63, 3.8) is 0 Å². The van der Waals surface area contributed by atoms with Gasteiger partial charge in [0.05, 0.1) is 13.2 Å². The summed E-state index contributed by atoms with van der Waals surface area (Å²) in [6.45, 7) is 7.46. The molecule has 11 nitrogen and oxygen atoms in total. The van der Waals surface area contributed by atoms with Gasteiger partial charge >= 0.3 is 6.03 Å². The molecule has 0 unspecified atom stereocenters. The Hall–Kier alpha value is -3.44. The van der Waals surface area contributed by atoms with Gasteiger partial charge < -0.3 is 25.4 Å². The van der Waals surface area contributed by atoms with Gasteiger partial charge in [-0.1, -0.05) is 13.8 Å². The van der Waals surface area contributed by atoms with E-state index in [-0.39, 0.29) is 41.9 Å². The second-order valence-electron chi connectivity index (χ2n) is 7.97. The highest BCUT2D eigenvalue weighted by Crippen LogP contribution is 2.21. The number of nitrogens with zero attached hydrogens (tertiary/aromatic N) is 3. The maximum atomic E-state index is 12.9. The Morgan fingerprint density at radius 3 is 2.41 bits per heavy atom. The van der Waals surface area contributed by atoms with Crippen molar-refractivity contribution in [2.75, 3.05) is 31.6 Å². The summed E-state index contributed by atoms with van der Waals surface area (Å²) in [6.07, 6.45) is 0. The van der Waals surface area contributed by atoms with Crippen LogP contribution in [0.5, 0.6) is 11.6 Å². The average molecular weight is 492 g/mol. The van der Waals surface area contributed by atoms with Crippen molar-refractivity contribution in [2.24, 2.45) is 11.7 Å². The number of hydrogen-bond acceptors (Lipinski definition) is 7. The molecule has 1 aromatic carbocycles. The first-order chi connectivity index (χ1) is 15.7. The van der Waals surface area contributed by atoms with E-state index in [0.29, 0.717) is 43.3 Å². The minimum absolute atomic E-state index is 0. The summed E-state index contributed by atoms with van der Waals surface area (Å²) in [5.41, 5.74) is 6.62. The summed E-state index contributed by atoms with van der Waals surface area (Å²) in [6, 6.07) is 7.00. The number of urea groups is 1. The number of nitrogens with one attached hydrogen (secondary N) is 3. The topological polar surface area (TPSA) is 156 Å². The maximum Gasteiger partial charge on any atom is 0.322 e. The van der Waals surface area contributed by atoms with Gasteiger partial charge in [0.25, 0.3) is 0 Å². The van der Waals surface area contributed by atoms with E-state index in [4.69, 9.17) is 20.6 Å². The minimum atomic E-state index is -0.691. The average Bonchev–Trinajstić information content (AvgIpc) is 2.77. The van der Waals surface area contributed by atoms with Crippen LogP contribution in [0.3, 0.4) is 0 Å². The Labute approximate surface area is 204 Å². The number of carbonyl (C=O) groups excluding carboxylic acids is 2. The molecule has 34 heavy (non-hydrogen) atoms. The maximum absolute atomic E-state index is 12.9. The van der Waals surface area contributed by atoms with Gasteiger partial charge in [0.2, 0.25) is 17.7 Å². The predicted octanol–water partition coefficient (Wildman–Crippen LogP) is 2.29. The number of benzene rings is 1. The second kappa shape index (κ2) is 12.1. The first-order valence-electron chi connectivity index (χ1n) is 10.6. The molecule has 0 spiro atoms. The molecule has 1 aliphatic rings. The smallest absolute Gasteiger partial charge is 0.322 e. The monoisotopic (exact) mass is 491 g/mol. The number of amides is 3. The van der Waals surface area contributed by atoms with Gasteiger partial charge in [0.1, 0.15) is 17.6 Å². The molecule has 2 aromatic rings. The van der Waals surface area contributed by atoms with Gasteiger partial charge in [-0.3, -0.25) is 15.5 Å². The molecule has 1 aliphatic heterocycles. The number of carbonyl (C=O) groups is 2. The van der Waals surface area contributed by atoms with Crippen LogP contribution in [0.4, 0.5) is 10.7 Å². The summed E-state index contributed by atoms with van der Waals surface area (Å²) in [5.74, 6) is 0.476. The standard InChI is InChI=1S/C22H29N7O4.ClH/c1-13(2)18(20(30)29-8-10-32-11-9-29)27-22(31)28-21-25-14(3)12-17(26-21)33-16-6-4-15(5-7-16)19(23)24;/h4-7,12-13,18H,8-11H2,1-3H3,(H3,23,24)(H2,25,26,27,28,31);1H/t18-;/m1./s1. The third-order valence-corrected chi connectivity index (χ3v) is 4.99. The highest BCUT2D eigenvalue weighted by molar-refractivity contribution is 5.95. The van der Waals surface area contributed by atoms with Crippen molar-refractivity contribution in [2.45, 2.75) is 26.8 Å². The number of ether oxygens (including phenoxy) is 2. The molecule has 3 rings (SSSR count). The highest BCUT2D eigenvalue weighted by Gasteiger charge is 2.29. The lowest BCUT2D eigenvalue weighted by atomic mass is 10.0. The molecule has 12 heteroatoms. The van der Waals surface area contributed by atoms with Crippen LogP contribution in [-0.4, -0.2) is 65.0 Å². The summed E-state index contributed by atoms with van der Waals surface area (Å²) in [7, 11) is 0. The molecule has 0 bridgehead atoms. The zero-order valence-electron chi connectivity index (χ0n) is 19.3. The van der Waals surface area contributed by atoms with E-state index in [1.165, 1.54) is 0 Å². The number of morpholine rings is 1. The number of amidine groups is 1. The van der Waals surface area contributed by atoms with Crippen LogP contribution < -0.4 is 21.1 Å². The van der Waals surface area contributed by atoms with Crippen molar-refractivity contribution < 1.29 is 19.1 Å². The van der Waals surface area contributed by atoms with Crippen molar-refractivity contribution in [3.8, 4) is 11.6 Å². The molecule has 1 fully saturated rings. The fraction of sp³-hybridized carbons (Fsp3) is 0.409. The largest absolute Gasteiger partial charge is 0.439 e. The molecule has 1 aromatic heterocycles. The number of halogens is 1. The van der Waals surface area contributed by atoms with E-state index >= 15 is 0 Å². The summed E-state index contributed by atoms with van der Waals surface area (Å²) in [5, 5.41) is 12.8. The lowest BCUT2D eigenvalue weighted by Crippen LogP contribution is -2.54. The molecule has 2 heterocycles. The lowest BCUT2D eigenvalue weighted by Gasteiger charge is -2.32. The van der Waals surface area contributed by atoms with Crippen molar-refractivity contribution >= 4 is 36.1 Å². The van der Waals surface area contributed by atoms with Crippen molar-refractivity contribution in [1.82, 2.24) is 20.2 Å². The Morgan fingerprint density at radius 1 is 1.18 bits per heavy atom. The Balaban J connectivity index is 0.00000408. The normalized spacial score (nSPS) is 14.1. The predicted molar refractivity (Wildman–Crippen MR) is 130 cm³/mol. The van der Waals surface area contributed by atoms with Crippen molar-refractivity contribution in [1.29, 1.82) is 5.41 Å². The van der Waals surface area contributed by atoms with Gasteiger partial charge in [0.15, 0.2) is 0 Å². The molecule has 0 radical (unpaired) electrons. The SMILES string of the molecule is Cc1cc(Oc2ccc(C(=N)N)cc2)nc(NC(=O)N[C@@H](C(=O)N2CCOCC2)C(C)C)n1.Cl. The number of rotatable bonds is 7. The van der Waals surface area contributed by atoms with Gasteiger partial charge in [-0.2, -0.15) is 4.98 Å². The van der Waals surface area contributed by atoms with E-state index in [2.05, 4.69) is 20.6 Å². The van der Waals surface area contributed by atoms with E-state index in [1.807, 2.05) is 13.8 Å². The lowest BCUT2D eigenvalue weighted by molar-refractivity contribution is -0.138. The molecule has 0 aliphatic carbocycles. The van der Waals surface area contributed by atoms with Gasteiger partial charge in [-0.05, 0) is 37.1 Å². The first-order valence-corrected chi connectivity index (χ1v) is 10.6. The zero-order valence-corrected chi connectivity index (χ0v) is 20.1. The minimum Gasteiger partial charge on any atom is -0.439 e. The summed E-state index contributed by atoms with van der Waals surface area (Å²) < 4.78 is 11.0. The van der Waals surface area contributed by atoms with E-state index in [9.17, 15) is 9.59 Å². The molecule has 3 amide bonds. The Bertz CT molecular complexity index is 1010. The number of anilines is 1. The number of nitrogen functional groups attached to an aromatic ring is 1. The fourth-order valence-electron chi connectivity index (χ4n) is 3.24. The zero-order chi connectivity index (χ0) is 24.0. The second-order valence-corrected chi connectivity index (χ2v) is 7.97. The first kappa shape index (κ1) is 26.8. The molecule has 184 valence electrons. The Kier molecular flexibility index (Phi) is 9.58. The molecule has 1 atom stereocenters. The van der Waals surface area contributed by atoms with Gasteiger partial charge in [-0.15, -0.1) is 12.4 Å². The quantitative estimate of drug-likeness (QED) is 0.342. The van der Waals surface area contributed by atoms with Crippen LogP contribution in [0, 0.1) is 18.3 Å². The van der Waals surface area contributed by atoms with Crippen LogP contribution in [-0.2, 0) is 9.53 Å². The number of nitrogens with two attached hydrogens (primary N) is 1. The van der Waals surface area contributed by atoms with Gasteiger partial charge in [-0.25, -0.2) is 9.78 Å². The summed E-state index contributed by atoms with van der Waals surface area (Å²) in [4.78, 5) is 35.6. The molecule has 0 saturated carbocycles. The van der Waals surface area contributed by atoms with Crippen LogP contribution in [0.2, 0.25) is 0 Å². The molecule has 1 saturated heterocycles. The molecular weight excluding hydrogens is 462 g/mol. The fourth-order valence-corrected chi connectivity index (χ4v) is 3.24. The van der Waals surface area contributed by atoms with Gasteiger partial charge in [0, 0.05) is 30.4 Å². The number of aryl methyl sites for hydroxylation is 1. The summed E-state index contributed by atoms with van der Waals surface area (Å²) >= 11 is 0. The third kappa shape index (κ3) is 7.29. The van der Waals surface area contributed by atoms with Crippen LogP contribution >= 0.6 is 12.4 Å². The molecule has 5 N–H and O–H groups in total. The highest BCUT2D eigenvalue weighted by atomic mass is 35.5. The van der Waals surface area contributed by atoms with E-state index < -0.39 is 12.1 Å². The van der Waals surface area contributed by atoms with E-state index in [0.717, 1.165) is 0 Å². The third-order valence-electron chi connectivity index (χ3n) is 4.99. The van der Waals surface area contributed by atoms with Crippen molar-refractivity contribution in [3.05, 3.63) is 41.6 Å². The van der Waals surface area contributed by atoms with Crippen LogP contribution in [0.25, 0.3) is 0 Å². The number of hydrogen-bond donors (Lipinski definition) is 4.